The van der Waals surface area contributed by atoms with Crippen LogP contribution in [0.5, 0.6) is 0 Å². The number of rotatable bonds is 5. The van der Waals surface area contributed by atoms with E-state index >= 15 is 0 Å². The maximum Gasteiger partial charge on any atom is 0.159 e. The first-order valence-electron chi connectivity index (χ1n) is 18.4. The first-order chi connectivity index (χ1) is 26.8. The number of hydrogen-bond acceptors (Lipinski definition) is 2. The second-order valence-electron chi connectivity index (χ2n) is 13.9. The van der Waals surface area contributed by atoms with E-state index in [9.17, 15) is 0 Å². The molecule has 3 aromatic heterocycles. The molecule has 0 aliphatic carbocycles. The third-order valence-electron chi connectivity index (χ3n) is 10.8. The van der Waals surface area contributed by atoms with Gasteiger partial charge >= 0.3 is 0 Å². The Morgan fingerprint density at radius 1 is 0.389 bits per heavy atom. The van der Waals surface area contributed by atoms with Crippen LogP contribution in [0.25, 0.3) is 105 Å². The van der Waals surface area contributed by atoms with Gasteiger partial charge in [-0.2, -0.15) is 0 Å². The molecule has 0 fully saturated rings. The van der Waals surface area contributed by atoms with Crippen LogP contribution in [0.4, 0.5) is 0 Å². The number of nitrogens with zero attached hydrogens (tertiary/aromatic N) is 2. The first-order valence-corrected chi connectivity index (χ1v) is 18.4. The molecule has 0 saturated heterocycles. The second-order valence-corrected chi connectivity index (χ2v) is 13.9. The van der Waals surface area contributed by atoms with Crippen LogP contribution in [0, 0.1) is 0 Å². The highest BCUT2D eigenvalue weighted by Gasteiger charge is 2.21. The summed E-state index contributed by atoms with van der Waals surface area (Å²) in [5.74, 6) is 0. The maximum atomic E-state index is 6.91. The van der Waals surface area contributed by atoms with Gasteiger partial charge in [0.2, 0.25) is 0 Å². The fraction of sp³-hybridized carbons (Fsp3) is 0. The Labute approximate surface area is 312 Å². The lowest BCUT2D eigenvalue weighted by molar-refractivity contribution is 0.666. The SMILES string of the molecule is c1ccc(-c2ccc3c(c2)c2cc(-c4ccccc4)ccc2n3-c2cccc3c2oc2cccc(-c4cc(-c5ccccc5)c5ccccc5n4)c23)cc1. The molecular formula is C51H32N2O. The summed E-state index contributed by atoms with van der Waals surface area (Å²) in [7, 11) is 0. The Balaban J connectivity index is 1.16. The van der Waals surface area contributed by atoms with Crippen LogP contribution >= 0.6 is 0 Å². The Kier molecular flexibility index (Phi) is 6.86. The summed E-state index contributed by atoms with van der Waals surface area (Å²) in [4.78, 5) is 5.24. The lowest BCUT2D eigenvalue weighted by Gasteiger charge is -2.11. The zero-order valence-corrected chi connectivity index (χ0v) is 29.3. The van der Waals surface area contributed by atoms with E-state index in [4.69, 9.17) is 9.40 Å². The minimum absolute atomic E-state index is 0.838. The highest BCUT2D eigenvalue weighted by atomic mass is 16.3. The number of furan rings is 1. The fourth-order valence-corrected chi connectivity index (χ4v) is 8.30. The first kappa shape index (κ1) is 30.4. The summed E-state index contributed by atoms with van der Waals surface area (Å²) >= 11 is 0. The Morgan fingerprint density at radius 3 is 1.63 bits per heavy atom. The quantitative estimate of drug-likeness (QED) is 0.180. The topological polar surface area (TPSA) is 31.0 Å². The molecule has 0 saturated carbocycles. The molecule has 0 amide bonds. The van der Waals surface area contributed by atoms with Crippen molar-refractivity contribution in [1.82, 2.24) is 9.55 Å². The molecule has 0 aliphatic rings. The van der Waals surface area contributed by atoms with Gasteiger partial charge in [0, 0.05) is 32.5 Å². The van der Waals surface area contributed by atoms with Crippen LogP contribution in [-0.4, -0.2) is 9.55 Å². The summed E-state index contributed by atoms with van der Waals surface area (Å²) < 4.78 is 9.28. The minimum atomic E-state index is 0.838. The Hall–Kier alpha value is -7.23. The zero-order valence-electron chi connectivity index (χ0n) is 29.3. The molecule has 0 radical (unpaired) electrons. The van der Waals surface area contributed by atoms with Crippen molar-refractivity contribution in [2.24, 2.45) is 0 Å². The molecule has 11 aromatic rings. The summed E-state index contributed by atoms with van der Waals surface area (Å²) in [6, 6.07) is 69.0. The summed E-state index contributed by atoms with van der Waals surface area (Å²) in [5, 5.41) is 5.66. The van der Waals surface area contributed by atoms with Gasteiger partial charge in [0.15, 0.2) is 5.58 Å². The van der Waals surface area contributed by atoms with Crippen molar-refractivity contribution in [3.05, 3.63) is 194 Å². The largest absolute Gasteiger partial charge is 0.454 e. The van der Waals surface area contributed by atoms with Gasteiger partial charge in [-0.25, -0.2) is 4.98 Å². The molecule has 0 aliphatic heterocycles. The van der Waals surface area contributed by atoms with Crippen molar-refractivity contribution in [2.45, 2.75) is 0 Å². The molecule has 8 aromatic carbocycles. The van der Waals surface area contributed by atoms with Gasteiger partial charge in [0.05, 0.1) is 27.9 Å². The minimum Gasteiger partial charge on any atom is -0.454 e. The summed E-state index contributed by atoms with van der Waals surface area (Å²) in [6.07, 6.45) is 0. The van der Waals surface area contributed by atoms with E-state index in [2.05, 4.69) is 199 Å². The van der Waals surface area contributed by atoms with Gasteiger partial charge in [0.1, 0.15) is 5.58 Å². The molecule has 0 N–H and O–H groups in total. The highest BCUT2D eigenvalue weighted by molar-refractivity contribution is 6.17. The van der Waals surface area contributed by atoms with Gasteiger partial charge in [-0.3, -0.25) is 0 Å². The molecule has 3 heteroatoms. The number of para-hydroxylation sites is 2. The predicted octanol–water partition coefficient (Wildman–Crippen LogP) is 13.9. The number of hydrogen-bond donors (Lipinski definition) is 0. The summed E-state index contributed by atoms with van der Waals surface area (Å²) in [6.45, 7) is 0. The smallest absolute Gasteiger partial charge is 0.159 e. The van der Waals surface area contributed by atoms with Crippen molar-refractivity contribution < 1.29 is 4.42 Å². The van der Waals surface area contributed by atoms with Crippen LogP contribution in [0.1, 0.15) is 0 Å². The van der Waals surface area contributed by atoms with Crippen LogP contribution < -0.4 is 0 Å². The molecule has 0 atom stereocenters. The molecule has 3 nitrogen and oxygen atoms in total. The number of benzene rings is 8. The number of fused-ring (bicyclic) bond motifs is 7. The number of aromatic nitrogens is 2. The van der Waals surface area contributed by atoms with Gasteiger partial charge in [-0.1, -0.05) is 146 Å². The van der Waals surface area contributed by atoms with Gasteiger partial charge in [-0.15, -0.1) is 0 Å². The second kappa shape index (κ2) is 12.2. The fourth-order valence-electron chi connectivity index (χ4n) is 8.30. The lowest BCUT2D eigenvalue weighted by atomic mass is 9.96. The standard InChI is InChI=1S/C51H32N2O/c1-4-14-33(15-5-1)36-26-28-46-42(30-36)43-31-37(34-16-6-2-7-17-34)27-29-47(43)53(46)48-24-12-22-40-50-39(21-13-25-49(50)54-51(40)48)45-32-41(35-18-8-3-9-19-35)38-20-10-11-23-44(38)52-45/h1-32H. The Morgan fingerprint density at radius 2 is 0.963 bits per heavy atom. The van der Waals surface area contributed by atoms with Crippen molar-refractivity contribution in [3.8, 4) is 50.3 Å². The van der Waals surface area contributed by atoms with Crippen LogP contribution in [-0.2, 0) is 0 Å². The normalized spacial score (nSPS) is 11.7. The highest BCUT2D eigenvalue weighted by Crippen LogP contribution is 2.43. The average Bonchev–Trinajstić information content (AvgIpc) is 3.79. The van der Waals surface area contributed by atoms with Crippen molar-refractivity contribution >= 4 is 54.6 Å². The van der Waals surface area contributed by atoms with Crippen LogP contribution in [0.2, 0.25) is 0 Å². The lowest BCUT2D eigenvalue weighted by Crippen LogP contribution is -1.94. The maximum absolute atomic E-state index is 6.91. The molecule has 54 heavy (non-hydrogen) atoms. The van der Waals surface area contributed by atoms with E-state index < -0.39 is 0 Å². The van der Waals surface area contributed by atoms with Gasteiger partial charge < -0.3 is 8.98 Å². The predicted molar refractivity (Wildman–Crippen MR) is 225 cm³/mol. The van der Waals surface area contributed by atoms with E-state index in [1.807, 2.05) is 0 Å². The molecule has 0 spiro atoms. The monoisotopic (exact) mass is 688 g/mol. The van der Waals surface area contributed by atoms with E-state index in [1.165, 1.54) is 38.6 Å². The van der Waals surface area contributed by atoms with E-state index in [-0.39, 0.29) is 0 Å². The van der Waals surface area contributed by atoms with Crippen LogP contribution in [0.3, 0.4) is 0 Å². The third-order valence-corrected chi connectivity index (χ3v) is 10.8. The van der Waals surface area contributed by atoms with Crippen molar-refractivity contribution in [2.75, 3.05) is 0 Å². The van der Waals surface area contributed by atoms with E-state index in [0.29, 0.717) is 0 Å². The molecule has 3 heterocycles. The number of pyridine rings is 1. The van der Waals surface area contributed by atoms with Crippen molar-refractivity contribution in [1.29, 1.82) is 0 Å². The molecule has 11 rings (SSSR count). The summed E-state index contributed by atoms with van der Waals surface area (Å²) in [5.41, 5.74) is 15.0. The zero-order chi connectivity index (χ0) is 35.6. The van der Waals surface area contributed by atoms with Gasteiger partial charge in [-0.05, 0) is 81.9 Å². The van der Waals surface area contributed by atoms with Crippen LogP contribution in [0.15, 0.2) is 199 Å². The van der Waals surface area contributed by atoms with E-state index in [0.717, 1.165) is 66.4 Å². The molecule has 0 unspecified atom stereocenters. The molecular weight excluding hydrogens is 657 g/mol. The van der Waals surface area contributed by atoms with Gasteiger partial charge in [0.25, 0.3) is 0 Å². The Bertz CT molecular complexity index is 3100. The average molecular weight is 689 g/mol. The van der Waals surface area contributed by atoms with E-state index in [1.54, 1.807) is 0 Å². The molecule has 0 bridgehead atoms. The molecule has 252 valence electrons. The van der Waals surface area contributed by atoms with Crippen molar-refractivity contribution in [3.63, 3.8) is 0 Å². The third kappa shape index (κ3) is 4.79.